The number of carbonyl (C=O) groups excluding carboxylic acids is 2. The molecule has 0 radical (unpaired) electrons. The number of rotatable bonds is 4. The molecular formula is C19H24N6O2. The van der Waals surface area contributed by atoms with Crippen molar-refractivity contribution in [1.29, 1.82) is 0 Å². The number of anilines is 1. The summed E-state index contributed by atoms with van der Waals surface area (Å²) in [5, 5.41) is 1.03. The van der Waals surface area contributed by atoms with Gasteiger partial charge >= 0.3 is 0 Å². The molecule has 8 heteroatoms. The number of carbonyl (C=O) groups is 2. The molecule has 8 nitrogen and oxygen atoms in total. The molecule has 3 fully saturated rings. The van der Waals surface area contributed by atoms with Crippen molar-refractivity contribution in [1.82, 2.24) is 24.8 Å². The monoisotopic (exact) mass is 368 g/mol. The van der Waals surface area contributed by atoms with E-state index in [1.54, 1.807) is 6.33 Å². The molecule has 4 heterocycles. The summed E-state index contributed by atoms with van der Waals surface area (Å²) in [6.07, 6.45) is 8.32. The van der Waals surface area contributed by atoms with E-state index in [1.165, 1.54) is 0 Å². The molecule has 2 aromatic rings. The minimum absolute atomic E-state index is 0.0711. The van der Waals surface area contributed by atoms with Crippen LogP contribution >= 0.6 is 0 Å². The Labute approximate surface area is 157 Å². The molecular weight excluding hydrogens is 344 g/mol. The van der Waals surface area contributed by atoms with Crippen LogP contribution < -0.4 is 4.90 Å². The number of nitrogens with zero attached hydrogens (tertiary/aromatic N) is 5. The maximum atomic E-state index is 13.3. The second-order valence-corrected chi connectivity index (χ2v) is 7.89. The molecule has 2 aliphatic heterocycles. The van der Waals surface area contributed by atoms with Crippen LogP contribution in [-0.2, 0) is 9.59 Å². The van der Waals surface area contributed by atoms with Crippen LogP contribution in [0.15, 0.2) is 18.6 Å². The van der Waals surface area contributed by atoms with E-state index in [4.69, 9.17) is 0 Å². The molecule has 2 aromatic heterocycles. The number of H-pyrrole nitrogens is 1. The van der Waals surface area contributed by atoms with Gasteiger partial charge in [-0.25, -0.2) is 9.97 Å². The highest BCUT2D eigenvalue weighted by Crippen LogP contribution is 2.46. The number of nitrogens with one attached hydrogen (secondary N) is 1. The van der Waals surface area contributed by atoms with E-state index < -0.39 is 0 Å². The van der Waals surface area contributed by atoms with E-state index in [-0.39, 0.29) is 17.5 Å². The molecule has 142 valence electrons. The zero-order valence-electron chi connectivity index (χ0n) is 15.3. The van der Waals surface area contributed by atoms with Crippen LogP contribution in [0.2, 0.25) is 0 Å². The summed E-state index contributed by atoms with van der Waals surface area (Å²) in [6, 6.07) is 1.88. The summed E-state index contributed by atoms with van der Waals surface area (Å²) in [4.78, 5) is 42.6. The Kier molecular flexibility index (Phi) is 3.89. The lowest BCUT2D eigenvalue weighted by atomic mass is 10.1. The molecule has 1 N–H and O–H groups in total. The maximum absolute atomic E-state index is 13.3. The average molecular weight is 368 g/mol. The molecule has 1 unspecified atom stereocenters. The predicted octanol–water partition coefficient (Wildman–Crippen LogP) is 0.802. The minimum Gasteiger partial charge on any atom is -0.352 e. The van der Waals surface area contributed by atoms with E-state index in [0.29, 0.717) is 13.1 Å². The van der Waals surface area contributed by atoms with Gasteiger partial charge in [-0.3, -0.25) is 9.69 Å². The van der Waals surface area contributed by atoms with Crippen molar-refractivity contribution in [3.63, 3.8) is 0 Å². The first-order chi connectivity index (χ1) is 13.2. The molecule has 5 rings (SSSR count). The van der Waals surface area contributed by atoms with Gasteiger partial charge in [0.15, 0.2) is 0 Å². The Morgan fingerprint density at radius 2 is 2.19 bits per heavy atom. The summed E-state index contributed by atoms with van der Waals surface area (Å²) >= 11 is 0. The van der Waals surface area contributed by atoms with Crippen LogP contribution in [0, 0.1) is 0 Å². The largest absolute Gasteiger partial charge is 0.352 e. The average Bonchev–Trinajstić information content (AvgIpc) is 3.11. The van der Waals surface area contributed by atoms with Gasteiger partial charge in [0.1, 0.15) is 24.1 Å². The Hall–Kier alpha value is -2.48. The predicted molar refractivity (Wildman–Crippen MR) is 100 cm³/mol. The first-order valence-electron chi connectivity index (χ1n) is 9.74. The highest BCUT2D eigenvalue weighted by atomic mass is 16.2. The third kappa shape index (κ3) is 2.70. The van der Waals surface area contributed by atoms with Crippen LogP contribution in [0.25, 0.3) is 11.0 Å². The number of aromatic nitrogens is 3. The standard InChI is InChI=1S/C19H24N6O2/c26-11-10-23-7-1-2-15(23)18(27)25-9-8-24(12-19(25)4-5-19)17-14-3-6-20-16(14)21-13-22-17/h3,6,11,13,15H,1-2,4-5,7-10,12H2,(H,20,21,22). The van der Waals surface area contributed by atoms with Gasteiger partial charge in [0.05, 0.1) is 23.5 Å². The van der Waals surface area contributed by atoms with E-state index in [9.17, 15) is 9.59 Å². The van der Waals surface area contributed by atoms with Gasteiger partial charge < -0.3 is 19.6 Å². The minimum atomic E-state index is -0.130. The molecule has 1 saturated carbocycles. The van der Waals surface area contributed by atoms with E-state index in [0.717, 1.165) is 68.5 Å². The first-order valence-corrected chi connectivity index (χ1v) is 9.74. The molecule has 2 saturated heterocycles. The lowest BCUT2D eigenvalue weighted by molar-refractivity contribution is -0.139. The van der Waals surface area contributed by atoms with Crippen molar-refractivity contribution < 1.29 is 9.59 Å². The second kappa shape index (κ2) is 6.30. The first kappa shape index (κ1) is 16.7. The lowest BCUT2D eigenvalue weighted by Crippen LogP contribution is -2.60. The Bertz CT molecular complexity index is 876. The Morgan fingerprint density at radius 3 is 3.00 bits per heavy atom. The van der Waals surface area contributed by atoms with Crippen molar-refractivity contribution >= 4 is 29.0 Å². The molecule has 0 bridgehead atoms. The number of aldehydes is 1. The van der Waals surface area contributed by atoms with E-state index in [1.807, 2.05) is 17.2 Å². The lowest BCUT2D eigenvalue weighted by Gasteiger charge is -2.44. The van der Waals surface area contributed by atoms with E-state index in [2.05, 4.69) is 24.8 Å². The van der Waals surface area contributed by atoms with Gasteiger partial charge in [-0.05, 0) is 38.3 Å². The smallest absolute Gasteiger partial charge is 0.240 e. The zero-order valence-corrected chi connectivity index (χ0v) is 15.3. The van der Waals surface area contributed by atoms with Gasteiger partial charge in [-0.15, -0.1) is 0 Å². The fraction of sp³-hybridized carbons (Fsp3) is 0.579. The highest BCUT2D eigenvalue weighted by molar-refractivity contribution is 5.88. The van der Waals surface area contributed by atoms with Crippen molar-refractivity contribution in [2.24, 2.45) is 0 Å². The maximum Gasteiger partial charge on any atom is 0.240 e. The fourth-order valence-corrected chi connectivity index (χ4v) is 4.79. The van der Waals surface area contributed by atoms with Crippen LogP contribution in [0.4, 0.5) is 5.82 Å². The number of fused-ring (bicyclic) bond motifs is 1. The molecule has 0 aromatic carbocycles. The quantitative estimate of drug-likeness (QED) is 0.804. The zero-order chi connectivity index (χ0) is 18.4. The summed E-state index contributed by atoms with van der Waals surface area (Å²) < 4.78 is 0. The van der Waals surface area contributed by atoms with Gasteiger partial charge in [-0.2, -0.15) is 0 Å². The topological polar surface area (TPSA) is 85.4 Å². The summed E-state index contributed by atoms with van der Waals surface area (Å²) in [6.45, 7) is 3.49. The highest BCUT2D eigenvalue weighted by Gasteiger charge is 2.55. The van der Waals surface area contributed by atoms with Crippen LogP contribution in [0.1, 0.15) is 25.7 Å². The second-order valence-electron chi connectivity index (χ2n) is 7.89. The van der Waals surface area contributed by atoms with Crippen LogP contribution in [0.3, 0.4) is 0 Å². The van der Waals surface area contributed by atoms with Gasteiger partial charge in [-0.1, -0.05) is 0 Å². The molecule has 1 spiro atoms. The Balaban J connectivity index is 1.36. The molecule has 1 amide bonds. The third-order valence-corrected chi connectivity index (χ3v) is 6.33. The van der Waals surface area contributed by atoms with Gasteiger partial charge in [0.25, 0.3) is 0 Å². The van der Waals surface area contributed by atoms with Gasteiger partial charge in [0, 0.05) is 25.8 Å². The van der Waals surface area contributed by atoms with Crippen molar-refractivity contribution in [3.8, 4) is 0 Å². The number of amides is 1. The summed E-state index contributed by atoms with van der Waals surface area (Å²) in [7, 11) is 0. The number of likely N-dealkylation sites (tertiary alicyclic amines) is 1. The number of hydrogen-bond acceptors (Lipinski definition) is 6. The number of aromatic amines is 1. The van der Waals surface area contributed by atoms with Crippen molar-refractivity contribution in [3.05, 3.63) is 18.6 Å². The van der Waals surface area contributed by atoms with Crippen molar-refractivity contribution in [2.75, 3.05) is 37.6 Å². The Morgan fingerprint density at radius 1 is 1.30 bits per heavy atom. The van der Waals surface area contributed by atoms with Crippen LogP contribution in [0.5, 0.6) is 0 Å². The molecule has 27 heavy (non-hydrogen) atoms. The van der Waals surface area contributed by atoms with Crippen molar-refractivity contribution in [2.45, 2.75) is 37.3 Å². The molecule has 1 atom stereocenters. The SMILES string of the molecule is O=CCN1CCCC1C(=O)N1CCN(c2ncnc3[nH]ccc23)CC12CC2. The summed E-state index contributed by atoms with van der Waals surface area (Å²) in [5.74, 6) is 1.16. The third-order valence-electron chi connectivity index (χ3n) is 6.33. The normalized spacial score (nSPS) is 24.7. The molecule has 3 aliphatic rings. The van der Waals surface area contributed by atoms with Gasteiger partial charge in [0.2, 0.25) is 5.91 Å². The van der Waals surface area contributed by atoms with E-state index >= 15 is 0 Å². The molecule has 1 aliphatic carbocycles. The number of piperazine rings is 1. The fourth-order valence-electron chi connectivity index (χ4n) is 4.79. The number of hydrogen-bond donors (Lipinski definition) is 1. The summed E-state index contributed by atoms with van der Waals surface area (Å²) in [5.41, 5.74) is 0.775. The van der Waals surface area contributed by atoms with Crippen LogP contribution in [-0.4, -0.2) is 81.2 Å².